The number of aliphatic hydroxyl groups is 1. The molecule has 0 saturated heterocycles. The molecule has 2 unspecified atom stereocenters. The van der Waals surface area contributed by atoms with Gasteiger partial charge in [0.15, 0.2) is 0 Å². The van der Waals surface area contributed by atoms with Gasteiger partial charge >= 0.3 is 0 Å². The Morgan fingerprint density at radius 3 is 0.977 bits per heavy atom. The summed E-state index contributed by atoms with van der Waals surface area (Å²) in [7, 11) is 0. The largest absolute Gasteiger partial charge is 0.394 e. The van der Waals surface area contributed by atoms with Crippen LogP contribution in [0.2, 0.25) is 0 Å². The molecule has 0 heterocycles. The second-order valence-electron chi connectivity index (χ2n) is 14.2. The zero-order valence-electron chi connectivity index (χ0n) is 30.9. The molecule has 262 valence electrons. The molecule has 0 aliphatic heterocycles. The van der Waals surface area contributed by atoms with Crippen LogP contribution in [0.1, 0.15) is 220 Å². The second kappa shape index (κ2) is 33.8. The highest BCUT2D eigenvalue weighted by molar-refractivity contribution is 4.96. The summed E-state index contributed by atoms with van der Waals surface area (Å²) in [6.07, 6.45) is 49.1. The number of rotatable bonds is 35. The molecular weight excluding hydrogens is 534 g/mol. The van der Waals surface area contributed by atoms with Crippen LogP contribution in [0.5, 0.6) is 0 Å². The number of nitrogens with two attached hydrogens (primary N) is 1. The number of hydrogen-bond acceptors (Lipinski definition) is 2. The average molecular weight is 618 g/mol. The van der Waals surface area contributed by atoms with Crippen molar-refractivity contribution in [2.75, 3.05) is 6.61 Å². The van der Waals surface area contributed by atoms with Gasteiger partial charge in [-0.2, -0.15) is 0 Å². The minimum Gasteiger partial charge on any atom is -0.394 e. The first-order valence-corrected chi connectivity index (χ1v) is 20.3. The molecule has 44 heavy (non-hydrogen) atoms. The predicted octanol–water partition coefficient (Wildman–Crippen LogP) is 13.8. The van der Waals surface area contributed by atoms with E-state index in [1.807, 2.05) is 0 Å². The van der Waals surface area contributed by atoms with Crippen molar-refractivity contribution < 1.29 is 5.11 Å². The second-order valence-corrected chi connectivity index (χ2v) is 14.2. The van der Waals surface area contributed by atoms with Gasteiger partial charge in [0.2, 0.25) is 0 Å². The maximum atomic E-state index is 10.5. The Balaban J connectivity index is 4.01. The Labute approximate surface area is 278 Å². The van der Waals surface area contributed by atoms with Gasteiger partial charge in [-0.15, -0.1) is 0 Å². The minimum atomic E-state index is -0.412. The lowest BCUT2D eigenvalue weighted by molar-refractivity contribution is 0.0668. The lowest BCUT2D eigenvalue weighted by Gasteiger charge is -2.42. The summed E-state index contributed by atoms with van der Waals surface area (Å²) in [6, 6.07) is 0. The van der Waals surface area contributed by atoms with Crippen LogP contribution in [-0.4, -0.2) is 17.3 Å². The van der Waals surface area contributed by atoms with Crippen molar-refractivity contribution in [3.8, 4) is 0 Å². The lowest BCUT2D eigenvalue weighted by Crippen LogP contribution is -2.56. The monoisotopic (exact) mass is 618 g/mol. The molecule has 2 heteroatoms. The fraction of sp³-hybridized carbons (Fsp3) is 0.905. The third-order valence-corrected chi connectivity index (χ3v) is 10.4. The van der Waals surface area contributed by atoms with E-state index >= 15 is 0 Å². The third-order valence-electron chi connectivity index (χ3n) is 10.4. The minimum absolute atomic E-state index is 0.139. The van der Waals surface area contributed by atoms with E-state index in [9.17, 15) is 5.11 Å². The normalized spacial score (nSPS) is 15.0. The van der Waals surface area contributed by atoms with Gasteiger partial charge in [-0.05, 0) is 76.0 Å². The summed E-state index contributed by atoms with van der Waals surface area (Å²) in [5.41, 5.74) is 6.65. The summed E-state index contributed by atoms with van der Waals surface area (Å²) in [6.45, 7) is 9.29. The van der Waals surface area contributed by atoms with E-state index in [2.05, 4.69) is 52.0 Å². The van der Waals surface area contributed by atoms with E-state index in [0.29, 0.717) is 11.8 Å². The molecule has 0 bridgehead atoms. The summed E-state index contributed by atoms with van der Waals surface area (Å²) in [4.78, 5) is 0. The van der Waals surface area contributed by atoms with Crippen molar-refractivity contribution in [1.29, 1.82) is 0 Å². The summed E-state index contributed by atoms with van der Waals surface area (Å²) in [5, 5.41) is 10.5. The maximum absolute atomic E-state index is 10.5. The van der Waals surface area contributed by atoms with Gasteiger partial charge in [0.1, 0.15) is 0 Å². The number of aliphatic hydroxyl groups excluding tert-OH is 1. The van der Waals surface area contributed by atoms with Crippen LogP contribution in [-0.2, 0) is 0 Å². The van der Waals surface area contributed by atoms with E-state index < -0.39 is 5.54 Å². The van der Waals surface area contributed by atoms with Crippen molar-refractivity contribution in [2.45, 2.75) is 226 Å². The van der Waals surface area contributed by atoms with Crippen LogP contribution in [0, 0.1) is 11.8 Å². The van der Waals surface area contributed by atoms with Crippen LogP contribution < -0.4 is 5.73 Å². The van der Waals surface area contributed by atoms with Gasteiger partial charge in [0, 0.05) is 5.54 Å². The Bertz CT molecular complexity index is 563. The molecule has 0 aliphatic carbocycles. The van der Waals surface area contributed by atoms with E-state index in [0.717, 1.165) is 12.8 Å². The smallest absolute Gasteiger partial charge is 0.0616 e. The van der Waals surface area contributed by atoms with Crippen LogP contribution in [0.15, 0.2) is 24.3 Å². The van der Waals surface area contributed by atoms with E-state index in [1.165, 1.54) is 180 Å². The zero-order valence-corrected chi connectivity index (χ0v) is 30.9. The van der Waals surface area contributed by atoms with Gasteiger partial charge in [-0.3, -0.25) is 0 Å². The number of allylic oxidation sites excluding steroid dienone is 4. The molecule has 0 aromatic heterocycles. The quantitative estimate of drug-likeness (QED) is 0.0549. The van der Waals surface area contributed by atoms with Gasteiger partial charge in [-0.25, -0.2) is 0 Å². The Morgan fingerprint density at radius 1 is 0.432 bits per heavy atom. The topological polar surface area (TPSA) is 46.2 Å². The summed E-state index contributed by atoms with van der Waals surface area (Å²) < 4.78 is 0. The highest BCUT2D eigenvalue weighted by Crippen LogP contribution is 2.35. The molecule has 0 rings (SSSR count). The molecule has 3 N–H and O–H groups in total. The predicted molar refractivity (Wildman–Crippen MR) is 200 cm³/mol. The molecule has 0 radical (unpaired) electrons. The molecule has 2 atom stereocenters. The molecule has 0 amide bonds. The average Bonchev–Trinajstić information content (AvgIpc) is 3.04. The van der Waals surface area contributed by atoms with Gasteiger partial charge in [-0.1, -0.05) is 180 Å². The molecule has 0 aromatic rings. The SMILES string of the molecule is CCCCCCCCC=CCCCCCCCC(CC)C(N)(CO)C(CC)CCCCCCCC=CCCCCCCCC. The molecule has 0 aromatic carbocycles. The van der Waals surface area contributed by atoms with Crippen LogP contribution in [0.25, 0.3) is 0 Å². The van der Waals surface area contributed by atoms with E-state index in [4.69, 9.17) is 5.73 Å². The van der Waals surface area contributed by atoms with Crippen molar-refractivity contribution in [2.24, 2.45) is 17.6 Å². The van der Waals surface area contributed by atoms with Crippen molar-refractivity contribution in [3.63, 3.8) is 0 Å². The first-order valence-electron chi connectivity index (χ1n) is 20.3. The number of hydrogen-bond donors (Lipinski definition) is 2. The Morgan fingerprint density at radius 2 is 0.705 bits per heavy atom. The molecule has 0 fully saturated rings. The standard InChI is InChI=1S/C42H83NO/c1-5-9-11-13-15-17-19-21-23-25-27-29-31-33-35-37-40(7-3)42(43,39-44)41(8-4)38-36-34-32-30-28-26-24-22-20-18-16-14-12-10-6-2/h21-24,40-41,44H,5-20,25-39,43H2,1-4H3. The van der Waals surface area contributed by atoms with Crippen molar-refractivity contribution in [1.82, 2.24) is 0 Å². The summed E-state index contributed by atoms with van der Waals surface area (Å²) >= 11 is 0. The van der Waals surface area contributed by atoms with Crippen LogP contribution >= 0.6 is 0 Å². The highest BCUT2D eigenvalue weighted by atomic mass is 16.3. The van der Waals surface area contributed by atoms with Gasteiger partial charge in [0.25, 0.3) is 0 Å². The van der Waals surface area contributed by atoms with Crippen LogP contribution in [0.3, 0.4) is 0 Å². The number of unbranched alkanes of at least 4 members (excludes halogenated alkanes) is 22. The summed E-state index contributed by atoms with van der Waals surface area (Å²) in [5.74, 6) is 0.871. The molecule has 0 aliphatic rings. The van der Waals surface area contributed by atoms with E-state index in [-0.39, 0.29) is 6.61 Å². The molecule has 2 nitrogen and oxygen atoms in total. The fourth-order valence-electron chi connectivity index (χ4n) is 7.22. The molecule has 0 spiro atoms. The fourth-order valence-corrected chi connectivity index (χ4v) is 7.22. The van der Waals surface area contributed by atoms with Gasteiger partial charge < -0.3 is 10.8 Å². The van der Waals surface area contributed by atoms with Crippen molar-refractivity contribution in [3.05, 3.63) is 24.3 Å². The lowest BCUT2D eigenvalue weighted by atomic mass is 9.69. The Kier molecular flexibility index (Phi) is 33.3. The van der Waals surface area contributed by atoms with Crippen molar-refractivity contribution >= 4 is 0 Å². The van der Waals surface area contributed by atoms with Crippen LogP contribution in [0.4, 0.5) is 0 Å². The van der Waals surface area contributed by atoms with Gasteiger partial charge in [0.05, 0.1) is 6.61 Å². The van der Waals surface area contributed by atoms with E-state index in [1.54, 1.807) is 0 Å². The third kappa shape index (κ3) is 24.6. The highest BCUT2D eigenvalue weighted by Gasteiger charge is 2.39. The Hall–Kier alpha value is -0.600. The molecular formula is C42H83NO. The first kappa shape index (κ1) is 43.4. The first-order chi connectivity index (χ1) is 21.6. The molecule has 0 saturated carbocycles. The maximum Gasteiger partial charge on any atom is 0.0616 e. The zero-order chi connectivity index (χ0) is 32.4.